The van der Waals surface area contributed by atoms with Gasteiger partial charge in [0.05, 0.1) is 29.4 Å². The lowest BCUT2D eigenvalue weighted by Gasteiger charge is -2.39. The maximum atomic E-state index is 14.3. The van der Waals surface area contributed by atoms with Gasteiger partial charge < -0.3 is 4.90 Å². The first-order chi connectivity index (χ1) is 14.5. The molecule has 31 heavy (non-hydrogen) atoms. The molecular formula is C19H20F4N4O2S2. The van der Waals surface area contributed by atoms with Gasteiger partial charge in [0.15, 0.2) is 9.84 Å². The summed E-state index contributed by atoms with van der Waals surface area (Å²) < 4.78 is 79.6. The molecule has 1 saturated heterocycles. The molecule has 1 aliphatic carbocycles. The van der Waals surface area contributed by atoms with E-state index in [0.717, 1.165) is 4.90 Å². The van der Waals surface area contributed by atoms with Gasteiger partial charge in [-0.1, -0.05) is 24.1 Å². The second kappa shape index (κ2) is 7.59. The molecule has 0 bridgehead atoms. The minimum absolute atomic E-state index is 0.0137. The van der Waals surface area contributed by atoms with Crippen molar-refractivity contribution in [3.63, 3.8) is 0 Å². The van der Waals surface area contributed by atoms with E-state index >= 15 is 0 Å². The maximum Gasteiger partial charge on any atom is 0.290 e. The van der Waals surface area contributed by atoms with Crippen LogP contribution in [0.15, 0.2) is 23.1 Å². The van der Waals surface area contributed by atoms with Crippen LogP contribution in [0.2, 0.25) is 0 Å². The van der Waals surface area contributed by atoms with E-state index in [1.807, 2.05) is 6.26 Å². The van der Waals surface area contributed by atoms with Crippen molar-refractivity contribution in [2.75, 3.05) is 30.0 Å². The van der Waals surface area contributed by atoms with E-state index in [-0.39, 0.29) is 34.3 Å². The Hall–Kier alpha value is -1.92. The summed E-state index contributed by atoms with van der Waals surface area (Å²) >= 11 is 1.25. The SMILES string of the molecule is CSN.O=S1(=O)CCc2ccc(-c3nc(N4CC(F)(F)C4)nc4c3CCC4(F)F)cc21. The Morgan fingerprint density at radius 1 is 1.13 bits per heavy atom. The number of anilines is 1. The minimum Gasteiger partial charge on any atom is -0.329 e. The van der Waals surface area contributed by atoms with Gasteiger partial charge in [-0.3, -0.25) is 5.14 Å². The number of hydrogen-bond donors (Lipinski definition) is 1. The van der Waals surface area contributed by atoms with Crippen molar-refractivity contribution >= 4 is 27.7 Å². The van der Waals surface area contributed by atoms with Crippen LogP contribution in [0, 0.1) is 0 Å². The molecule has 12 heteroatoms. The molecule has 2 aromatic rings. The van der Waals surface area contributed by atoms with Crippen molar-refractivity contribution in [1.29, 1.82) is 0 Å². The number of fused-ring (bicyclic) bond motifs is 2. The molecule has 1 aromatic carbocycles. The largest absolute Gasteiger partial charge is 0.329 e. The number of sulfone groups is 1. The van der Waals surface area contributed by atoms with E-state index in [2.05, 4.69) is 9.97 Å². The zero-order valence-corrected chi connectivity index (χ0v) is 18.2. The molecule has 0 atom stereocenters. The molecule has 1 fully saturated rings. The predicted octanol–water partition coefficient (Wildman–Crippen LogP) is 3.19. The highest BCUT2D eigenvalue weighted by Crippen LogP contribution is 2.45. The van der Waals surface area contributed by atoms with Gasteiger partial charge in [0, 0.05) is 17.5 Å². The third-order valence-corrected chi connectivity index (χ3v) is 7.27. The fourth-order valence-corrected chi connectivity index (χ4v) is 5.58. The molecule has 0 unspecified atom stereocenters. The van der Waals surface area contributed by atoms with Gasteiger partial charge in [0.2, 0.25) is 5.95 Å². The smallest absolute Gasteiger partial charge is 0.290 e. The number of halogens is 4. The van der Waals surface area contributed by atoms with Crippen LogP contribution in [0.25, 0.3) is 11.3 Å². The number of rotatable bonds is 2. The van der Waals surface area contributed by atoms with Gasteiger partial charge in [-0.15, -0.1) is 0 Å². The van der Waals surface area contributed by atoms with Gasteiger partial charge in [0.25, 0.3) is 11.8 Å². The predicted molar refractivity (Wildman–Crippen MR) is 110 cm³/mol. The van der Waals surface area contributed by atoms with Crippen LogP contribution < -0.4 is 10.0 Å². The summed E-state index contributed by atoms with van der Waals surface area (Å²) in [5.74, 6) is -6.23. The van der Waals surface area contributed by atoms with Crippen LogP contribution in [-0.4, -0.2) is 49.4 Å². The molecular weight excluding hydrogens is 456 g/mol. The maximum absolute atomic E-state index is 14.3. The molecule has 2 N–H and O–H groups in total. The van der Waals surface area contributed by atoms with E-state index in [0.29, 0.717) is 17.5 Å². The fourth-order valence-electron chi connectivity index (χ4n) is 4.00. The van der Waals surface area contributed by atoms with Gasteiger partial charge in [-0.25, -0.2) is 27.2 Å². The van der Waals surface area contributed by atoms with E-state index in [1.165, 1.54) is 18.0 Å². The summed E-state index contributed by atoms with van der Waals surface area (Å²) in [5, 5.41) is 4.76. The molecule has 3 aliphatic rings. The first-order valence-electron chi connectivity index (χ1n) is 9.48. The van der Waals surface area contributed by atoms with Crippen molar-refractivity contribution in [2.24, 2.45) is 5.14 Å². The lowest BCUT2D eigenvalue weighted by Crippen LogP contribution is -2.57. The molecule has 0 spiro atoms. The van der Waals surface area contributed by atoms with Gasteiger partial charge in [0.1, 0.15) is 5.69 Å². The second-order valence-corrected chi connectivity index (χ2v) is 10.3. The number of aryl methyl sites for hydroxylation is 1. The number of nitrogens with two attached hydrogens (primary N) is 1. The minimum atomic E-state index is -3.41. The first-order valence-corrected chi connectivity index (χ1v) is 12.4. The average Bonchev–Trinajstić information content (AvgIpc) is 3.15. The average molecular weight is 477 g/mol. The molecule has 5 rings (SSSR count). The number of alkyl halides is 4. The van der Waals surface area contributed by atoms with E-state index in [1.54, 1.807) is 12.1 Å². The highest BCUT2D eigenvalue weighted by molar-refractivity contribution is 7.96. The van der Waals surface area contributed by atoms with E-state index in [9.17, 15) is 26.0 Å². The molecule has 0 radical (unpaired) electrons. The fraction of sp³-hybridized carbons (Fsp3) is 0.474. The molecule has 168 valence electrons. The molecule has 6 nitrogen and oxygen atoms in total. The number of nitrogens with zero attached hydrogens (tertiary/aromatic N) is 3. The lowest BCUT2D eigenvalue weighted by molar-refractivity contribution is -0.0275. The molecule has 0 saturated carbocycles. The van der Waals surface area contributed by atoms with E-state index in [4.69, 9.17) is 5.14 Å². The monoisotopic (exact) mass is 476 g/mol. The lowest BCUT2D eigenvalue weighted by atomic mass is 10.0. The van der Waals surface area contributed by atoms with Crippen molar-refractivity contribution in [2.45, 2.75) is 36.0 Å². The topological polar surface area (TPSA) is 89.2 Å². The van der Waals surface area contributed by atoms with Crippen LogP contribution in [-0.2, 0) is 28.6 Å². The van der Waals surface area contributed by atoms with Gasteiger partial charge >= 0.3 is 0 Å². The zero-order chi connectivity index (χ0) is 22.6. The second-order valence-electron chi connectivity index (χ2n) is 7.74. The van der Waals surface area contributed by atoms with Crippen LogP contribution in [0.1, 0.15) is 23.2 Å². The molecule has 1 aromatic heterocycles. The Morgan fingerprint density at radius 2 is 1.81 bits per heavy atom. The summed E-state index contributed by atoms with van der Waals surface area (Å²) in [5.41, 5.74) is 1.05. The third-order valence-electron chi connectivity index (χ3n) is 5.47. The van der Waals surface area contributed by atoms with Gasteiger partial charge in [-0.2, -0.15) is 8.78 Å². The van der Waals surface area contributed by atoms with Crippen molar-refractivity contribution < 1.29 is 26.0 Å². The summed E-state index contributed by atoms with van der Waals surface area (Å²) in [6.07, 6.45) is 1.83. The highest BCUT2D eigenvalue weighted by Gasteiger charge is 2.48. The van der Waals surface area contributed by atoms with Crippen molar-refractivity contribution in [1.82, 2.24) is 9.97 Å². The quantitative estimate of drug-likeness (QED) is 0.526. The Morgan fingerprint density at radius 3 is 2.45 bits per heavy atom. The van der Waals surface area contributed by atoms with Crippen molar-refractivity contribution in [3.05, 3.63) is 35.0 Å². The number of hydrogen-bond acceptors (Lipinski definition) is 7. The summed E-state index contributed by atoms with van der Waals surface area (Å²) in [4.78, 5) is 9.52. The van der Waals surface area contributed by atoms with Crippen molar-refractivity contribution in [3.8, 4) is 11.3 Å². The standard InChI is InChI=1S/C18H15F4N3O2S.CH5NS/c19-17(20)8-25(9-17)16-23-14(12-3-5-18(21,22)15(12)24-16)11-2-1-10-4-6-28(26,27)13(10)7-11;1-3-2/h1-2,7H,3-6,8-9H2;2H2,1H3. The number of benzene rings is 1. The Bertz CT molecular complexity index is 1130. The molecule has 0 amide bonds. The van der Waals surface area contributed by atoms with Gasteiger partial charge in [-0.05, 0) is 30.7 Å². The van der Waals surface area contributed by atoms with Crippen LogP contribution in [0.4, 0.5) is 23.5 Å². The molecule has 2 aliphatic heterocycles. The van der Waals surface area contributed by atoms with E-state index < -0.39 is 46.9 Å². The Balaban J connectivity index is 0.000000730. The zero-order valence-electron chi connectivity index (χ0n) is 16.5. The Kier molecular flexibility index (Phi) is 5.46. The number of aromatic nitrogens is 2. The first kappa shape index (κ1) is 22.3. The Labute approximate surface area is 181 Å². The normalized spacial score (nSPS) is 21.5. The molecule has 3 heterocycles. The third kappa shape index (κ3) is 4.00. The summed E-state index contributed by atoms with van der Waals surface area (Å²) in [7, 11) is -3.41. The summed E-state index contributed by atoms with van der Waals surface area (Å²) in [6.45, 7) is -1.26. The van der Waals surface area contributed by atoms with Crippen LogP contribution in [0.3, 0.4) is 0 Å². The van der Waals surface area contributed by atoms with Crippen LogP contribution in [0.5, 0.6) is 0 Å². The van der Waals surface area contributed by atoms with Crippen LogP contribution >= 0.6 is 11.9 Å². The summed E-state index contributed by atoms with van der Waals surface area (Å²) in [6, 6.07) is 4.76. The highest BCUT2D eigenvalue weighted by atomic mass is 32.2.